The van der Waals surface area contributed by atoms with Crippen LogP contribution in [0.25, 0.3) is 0 Å². The normalized spacial score (nSPS) is 11.9. The number of rotatable bonds is 4. The molecule has 0 saturated carbocycles. The predicted octanol–water partition coefficient (Wildman–Crippen LogP) is 1.32. The van der Waals surface area contributed by atoms with Crippen LogP contribution in [0.4, 0.5) is 4.39 Å². The molecule has 18 heavy (non-hydrogen) atoms. The van der Waals surface area contributed by atoms with E-state index in [9.17, 15) is 19.1 Å². The highest BCUT2D eigenvalue weighted by atomic mass is 19.1. The maximum Gasteiger partial charge on any atom is 0.308 e. The summed E-state index contributed by atoms with van der Waals surface area (Å²) in [6.45, 7) is 1.37. The number of carboxylic acids is 1. The molecular formula is C12H14FNO4. The van der Waals surface area contributed by atoms with Crippen molar-refractivity contribution >= 4 is 11.9 Å². The fourth-order valence-electron chi connectivity index (χ4n) is 1.49. The van der Waals surface area contributed by atoms with Crippen LogP contribution in [0.1, 0.15) is 17.3 Å². The fraction of sp³-hybridized carbons (Fsp3) is 0.333. The molecule has 1 unspecified atom stereocenters. The minimum absolute atomic E-state index is 0.0675. The van der Waals surface area contributed by atoms with Crippen molar-refractivity contribution in [2.24, 2.45) is 5.92 Å². The Bertz CT molecular complexity index is 455. The fourth-order valence-corrected chi connectivity index (χ4v) is 1.49. The molecule has 1 aromatic rings. The monoisotopic (exact) mass is 255 g/mol. The molecule has 0 bridgehead atoms. The smallest absolute Gasteiger partial charge is 0.308 e. The van der Waals surface area contributed by atoms with E-state index < -0.39 is 34.9 Å². The molecule has 1 atom stereocenters. The minimum atomic E-state index is -1.05. The van der Waals surface area contributed by atoms with Crippen LogP contribution in [0.5, 0.6) is 5.75 Å². The van der Waals surface area contributed by atoms with Gasteiger partial charge >= 0.3 is 5.97 Å². The van der Waals surface area contributed by atoms with Crippen LogP contribution in [0, 0.1) is 11.7 Å². The average molecular weight is 255 g/mol. The summed E-state index contributed by atoms with van der Waals surface area (Å²) in [4.78, 5) is 23.6. The number of phenols is 1. The van der Waals surface area contributed by atoms with E-state index in [0.717, 1.165) is 11.0 Å². The van der Waals surface area contributed by atoms with Gasteiger partial charge in [-0.15, -0.1) is 0 Å². The maximum atomic E-state index is 13.4. The zero-order valence-electron chi connectivity index (χ0n) is 10.1. The SMILES string of the molecule is CC(CN(C)C(=O)c1c(O)cccc1F)C(=O)O. The lowest BCUT2D eigenvalue weighted by molar-refractivity contribution is -0.141. The van der Waals surface area contributed by atoms with Gasteiger partial charge in [-0.2, -0.15) is 0 Å². The molecule has 2 N–H and O–H groups in total. The van der Waals surface area contributed by atoms with Crippen molar-refractivity contribution in [1.82, 2.24) is 4.90 Å². The number of nitrogens with zero attached hydrogens (tertiary/aromatic N) is 1. The Hall–Kier alpha value is -2.11. The lowest BCUT2D eigenvalue weighted by Crippen LogP contribution is -2.34. The lowest BCUT2D eigenvalue weighted by Gasteiger charge is -2.20. The summed E-state index contributed by atoms with van der Waals surface area (Å²) in [5.41, 5.74) is -0.447. The first-order valence-corrected chi connectivity index (χ1v) is 5.30. The Morgan fingerprint density at radius 3 is 2.56 bits per heavy atom. The summed E-state index contributed by atoms with van der Waals surface area (Å²) < 4.78 is 13.4. The zero-order chi connectivity index (χ0) is 13.9. The summed E-state index contributed by atoms with van der Waals surface area (Å²) in [5.74, 6) is -3.87. The van der Waals surface area contributed by atoms with Crippen molar-refractivity contribution < 1.29 is 24.2 Å². The van der Waals surface area contributed by atoms with E-state index >= 15 is 0 Å². The summed E-state index contributed by atoms with van der Waals surface area (Å²) in [5, 5.41) is 18.2. The summed E-state index contributed by atoms with van der Waals surface area (Å²) in [6.07, 6.45) is 0. The highest BCUT2D eigenvalue weighted by Gasteiger charge is 2.23. The molecule has 0 aliphatic carbocycles. The average Bonchev–Trinajstić information content (AvgIpc) is 2.28. The van der Waals surface area contributed by atoms with E-state index in [1.807, 2.05) is 0 Å². The second kappa shape index (κ2) is 5.48. The molecule has 0 heterocycles. The quantitative estimate of drug-likeness (QED) is 0.850. The number of aromatic hydroxyl groups is 1. The van der Waals surface area contributed by atoms with Gasteiger partial charge < -0.3 is 15.1 Å². The van der Waals surface area contributed by atoms with Gasteiger partial charge in [0.15, 0.2) is 0 Å². The van der Waals surface area contributed by atoms with Crippen LogP contribution in [0.15, 0.2) is 18.2 Å². The Kier molecular flexibility index (Phi) is 4.25. The summed E-state index contributed by atoms with van der Waals surface area (Å²) in [7, 11) is 1.35. The summed E-state index contributed by atoms with van der Waals surface area (Å²) >= 11 is 0. The number of benzene rings is 1. The van der Waals surface area contributed by atoms with Crippen molar-refractivity contribution in [1.29, 1.82) is 0 Å². The molecule has 0 radical (unpaired) electrons. The number of amides is 1. The number of hydrogen-bond acceptors (Lipinski definition) is 3. The van der Waals surface area contributed by atoms with E-state index in [0.29, 0.717) is 0 Å². The van der Waals surface area contributed by atoms with E-state index in [1.165, 1.54) is 26.1 Å². The van der Waals surface area contributed by atoms with Crippen LogP contribution >= 0.6 is 0 Å². The van der Waals surface area contributed by atoms with Crippen LogP contribution in [0.3, 0.4) is 0 Å². The number of carboxylic acid groups (broad SMARTS) is 1. The second-order valence-corrected chi connectivity index (χ2v) is 4.06. The van der Waals surface area contributed by atoms with Crippen LogP contribution in [0.2, 0.25) is 0 Å². The third-order valence-electron chi connectivity index (χ3n) is 2.52. The molecule has 0 aliphatic heterocycles. The lowest BCUT2D eigenvalue weighted by atomic mass is 10.1. The van der Waals surface area contributed by atoms with Crippen LogP contribution < -0.4 is 0 Å². The second-order valence-electron chi connectivity index (χ2n) is 4.06. The maximum absolute atomic E-state index is 13.4. The number of carbonyl (C=O) groups excluding carboxylic acids is 1. The van der Waals surface area contributed by atoms with Gasteiger partial charge in [0.1, 0.15) is 17.1 Å². The van der Waals surface area contributed by atoms with Crippen molar-refractivity contribution in [3.63, 3.8) is 0 Å². The number of halogens is 1. The molecular weight excluding hydrogens is 241 g/mol. The topological polar surface area (TPSA) is 77.8 Å². The molecule has 1 rings (SSSR count). The zero-order valence-corrected chi connectivity index (χ0v) is 10.1. The molecule has 5 nitrogen and oxygen atoms in total. The van der Waals surface area contributed by atoms with Gasteiger partial charge in [-0.25, -0.2) is 4.39 Å². The Balaban J connectivity index is 2.90. The van der Waals surface area contributed by atoms with Gasteiger partial charge in [-0.1, -0.05) is 13.0 Å². The predicted molar refractivity (Wildman–Crippen MR) is 61.8 cm³/mol. The highest BCUT2D eigenvalue weighted by molar-refractivity contribution is 5.97. The van der Waals surface area contributed by atoms with Gasteiger partial charge in [-0.3, -0.25) is 9.59 Å². The van der Waals surface area contributed by atoms with Crippen molar-refractivity contribution in [2.75, 3.05) is 13.6 Å². The first kappa shape index (κ1) is 14.0. The highest BCUT2D eigenvalue weighted by Crippen LogP contribution is 2.21. The third-order valence-corrected chi connectivity index (χ3v) is 2.52. The standard InChI is InChI=1S/C12H14FNO4/c1-7(12(17)18)6-14(2)11(16)10-8(13)4-3-5-9(10)15/h3-5,7,15H,6H2,1-2H3,(H,17,18). The number of aliphatic carboxylic acids is 1. The van der Waals surface area contributed by atoms with Crippen molar-refractivity contribution in [3.8, 4) is 5.75 Å². The Morgan fingerprint density at radius 1 is 1.44 bits per heavy atom. The van der Waals surface area contributed by atoms with Crippen LogP contribution in [-0.4, -0.2) is 40.6 Å². The molecule has 0 saturated heterocycles. The summed E-state index contributed by atoms with van der Waals surface area (Å²) in [6, 6.07) is 3.54. The largest absolute Gasteiger partial charge is 0.507 e. The first-order valence-electron chi connectivity index (χ1n) is 5.30. The minimum Gasteiger partial charge on any atom is -0.507 e. The molecule has 0 spiro atoms. The molecule has 98 valence electrons. The molecule has 1 aromatic carbocycles. The van der Waals surface area contributed by atoms with E-state index in [-0.39, 0.29) is 6.54 Å². The van der Waals surface area contributed by atoms with E-state index in [1.54, 1.807) is 0 Å². The molecule has 0 aromatic heterocycles. The molecule has 1 amide bonds. The van der Waals surface area contributed by atoms with Gasteiger partial charge in [0.25, 0.3) is 5.91 Å². The number of phenolic OH excluding ortho intramolecular Hbond substituents is 1. The number of carbonyl (C=O) groups is 2. The number of hydrogen-bond donors (Lipinski definition) is 2. The van der Waals surface area contributed by atoms with Gasteiger partial charge in [0.05, 0.1) is 5.92 Å². The van der Waals surface area contributed by atoms with Crippen molar-refractivity contribution in [3.05, 3.63) is 29.6 Å². The van der Waals surface area contributed by atoms with Crippen molar-refractivity contribution in [2.45, 2.75) is 6.92 Å². The van der Waals surface area contributed by atoms with E-state index in [2.05, 4.69) is 0 Å². The molecule has 6 heteroatoms. The van der Waals surface area contributed by atoms with Gasteiger partial charge in [0, 0.05) is 13.6 Å². The van der Waals surface area contributed by atoms with Gasteiger partial charge in [0.2, 0.25) is 0 Å². The Morgan fingerprint density at radius 2 is 2.06 bits per heavy atom. The van der Waals surface area contributed by atoms with E-state index in [4.69, 9.17) is 5.11 Å². The first-order chi connectivity index (χ1) is 8.34. The molecule has 0 fully saturated rings. The van der Waals surface area contributed by atoms with Crippen LogP contribution in [-0.2, 0) is 4.79 Å². The molecule has 0 aliphatic rings. The Labute approximate surface area is 103 Å². The van der Waals surface area contributed by atoms with Gasteiger partial charge in [-0.05, 0) is 12.1 Å². The third kappa shape index (κ3) is 2.97.